The van der Waals surface area contributed by atoms with Gasteiger partial charge in [0.05, 0.1) is 10.7 Å². The molecule has 0 N–H and O–H groups in total. The second kappa shape index (κ2) is 8.78. The number of benzene rings is 2. The van der Waals surface area contributed by atoms with Crippen molar-refractivity contribution < 1.29 is 9.53 Å². The molecule has 0 radical (unpaired) electrons. The Balaban J connectivity index is 1.48. The zero-order chi connectivity index (χ0) is 20.2. The molecule has 0 aliphatic carbocycles. The molecular formula is C24H26N2O2S. The lowest BCUT2D eigenvalue weighted by molar-refractivity contribution is 0.0724. The summed E-state index contributed by atoms with van der Waals surface area (Å²) in [5.74, 6) is 0.968. The summed E-state index contributed by atoms with van der Waals surface area (Å²) in [6.07, 6.45) is 3.43. The SMILES string of the molecule is Cc1nc(-c2ccccc2OCc2ccc(C(=O)N3CCCCC3)cc2C)cs1. The van der Waals surface area contributed by atoms with E-state index >= 15 is 0 Å². The number of nitrogens with zero attached hydrogens (tertiary/aromatic N) is 2. The number of aromatic nitrogens is 1. The van der Waals surface area contributed by atoms with Gasteiger partial charge in [-0.3, -0.25) is 4.79 Å². The topological polar surface area (TPSA) is 42.4 Å². The molecule has 4 rings (SSSR count). The Kier molecular flexibility index (Phi) is 5.95. The number of amides is 1. The molecule has 3 aromatic rings. The van der Waals surface area contributed by atoms with E-state index in [1.807, 2.05) is 61.2 Å². The molecule has 0 spiro atoms. The van der Waals surface area contributed by atoms with Crippen molar-refractivity contribution in [1.82, 2.24) is 9.88 Å². The van der Waals surface area contributed by atoms with Gasteiger partial charge in [0.25, 0.3) is 5.91 Å². The number of piperidine rings is 1. The maximum Gasteiger partial charge on any atom is 0.253 e. The third-order valence-corrected chi connectivity index (χ3v) is 6.17. The van der Waals surface area contributed by atoms with Crippen molar-refractivity contribution in [2.75, 3.05) is 13.1 Å². The number of thiazole rings is 1. The number of hydrogen-bond acceptors (Lipinski definition) is 4. The monoisotopic (exact) mass is 406 g/mol. The van der Waals surface area contributed by atoms with E-state index in [0.29, 0.717) is 6.61 Å². The van der Waals surface area contributed by atoms with Crippen molar-refractivity contribution in [2.45, 2.75) is 39.7 Å². The van der Waals surface area contributed by atoms with E-state index in [-0.39, 0.29) is 5.91 Å². The fraction of sp³-hybridized carbons (Fsp3) is 0.333. The molecule has 1 amide bonds. The van der Waals surface area contributed by atoms with Crippen molar-refractivity contribution in [2.24, 2.45) is 0 Å². The Hall–Kier alpha value is -2.66. The van der Waals surface area contributed by atoms with Gasteiger partial charge in [-0.05, 0) is 68.5 Å². The second-order valence-electron chi connectivity index (χ2n) is 7.53. The van der Waals surface area contributed by atoms with Gasteiger partial charge in [-0.1, -0.05) is 18.2 Å². The van der Waals surface area contributed by atoms with Crippen LogP contribution < -0.4 is 4.74 Å². The van der Waals surface area contributed by atoms with Crippen molar-refractivity contribution in [1.29, 1.82) is 0 Å². The molecule has 1 fully saturated rings. The maximum absolute atomic E-state index is 12.7. The molecular weight excluding hydrogens is 380 g/mol. The predicted molar refractivity (Wildman–Crippen MR) is 118 cm³/mol. The molecule has 1 saturated heterocycles. The first-order chi connectivity index (χ1) is 14.1. The average Bonchev–Trinajstić information content (AvgIpc) is 3.19. The third-order valence-electron chi connectivity index (χ3n) is 5.40. The van der Waals surface area contributed by atoms with E-state index in [9.17, 15) is 4.79 Å². The van der Waals surface area contributed by atoms with Gasteiger partial charge in [0.1, 0.15) is 12.4 Å². The summed E-state index contributed by atoms with van der Waals surface area (Å²) < 4.78 is 6.15. The molecule has 2 aromatic carbocycles. The summed E-state index contributed by atoms with van der Waals surface area (Å²) in [6, 6.07) is 13.9. The summed E-state index contributed by atoms with van der Waals surface area (Å²) >= 11 is 1.64. The molecule has 29 heavy (non-hydrogen) atoms. The van der Waals surface area contributed by atoms with Gasteiger partial charge in [-0.2, -0.15) is 0 Å². The minimum absolute atomic E-state index is 0.143. The number of hydrogen-bond donors (Lipinski definition) is 0. The molecule has 4 nitrogen and oxygen atoms in total. The van der Waals surface area contributed by atoms with Crippen molar-refractivity contribution in [3.63, 3.8) is 0 Å². The highest BCUT2D eigenvalue weighted by atomic mass is 32.1. The highest BCUT2D eigenvalue weighted by molar-refractivity contribution is 7.09. The first-order valence-corrected chi connectivity index (χ1v) is 11.0. The fourth-order valence-corrected chi connectivity index (χ4v) is 4.33. The lowest BCUT2D eigenvalue weighted by Gasteiger charge is -2.27. The molecule has 0 unspecified atom stereocenters. The zero-order valence-electron chi connectivity index (χ0n) is 17.0. The van der Waals surface area contributed by atoms with E-state index in [1.165, 1.54) is 6.42 Å². The summed E-state index contributed by atoms with van der Waals surface area (Å²) in [7, 11) is 0. The smallest absolute Gasteiger partial charge is 0.253 e. The quantitative estimate of drug-likeness (QED) is 0.551. The third kappa shape index (κ3) is 4.51. The van der Waals surface area contributed by atoms with Crippen LogP contribution in [0, 0.1) is 13.8 Å². The predicted octanol–water partition coefficient (Wildman–Crippen LogP) is 5.63. The summed E-state index contributed by atoms with van der Waals surface area (Å²) in [4.78, 5) is 19.3. The Labute approximate surface area is 176 Å². The van der Waals surface area contributed by atoms with Crippen molar-refractivity contribution in [3.05, 3.63) is 69.5 Å². The number of carbonyl (C=O) groups is 1. The lowest BCUT2D eigenvalue weighted by Crippen LogP contribution is -2.35. The molecule has 1 aromatic heterocycles. The number of carbonyl (C=O) groups excluding carboxylic acids is 1. The van der Waals surface area contributed by atoms with Gasteiger partial charge < -0.3 is 9.64 Å². The Morgan fingerprint density at radius 3 is 2.62 bits per heavy atom. The molecule has 1 aliphatic heterocycles. The zero-order valence-corrected chi connectivity index (χ0v) is 17.8. The van der Waals surface area contributed by atoms with Gasteiger partial charge >= 0.3 is 0 Å². The minimum atomic E-state index is 0.143. The number of para-hydroxylation sites is 1. The van der Waals surface area contributed by atoms with Crippen LogP contribution in [0.2, 0.25) is 0 Å². The van der Waals surface area contributed by atoms with Crippen LogP contribution in [0.1, 0.15) is 45.8 Å². The fourth-order valence-electron chi connectivity index (χ4n) is 3.72. The van der Waals surface area contributed by atoms with Crippen molar-refractivity contribution >= 4 is 17.2 Å². The van der Waals surface area contributed by atoms with E-state index in [0.717, 1.165) is 64.6 Å². The largest absolute Gasteiger partial charge is 0.488 e. The Morgan fingerprint density at radius 1 is 1.10 bits per heavy atom. The van der Waals surface area contributed by atoms with E-state index in [2.05, 4.69) is 10.4 Å². The van der Waals surface area contributed by atoms with Crippen LogP contribution in [0.15, 0.2) is 47.8 Å². The van der Waals surface area contributed by atoms with Crippen LogP contribution in [-0.4, -0.2) is 28.9 Å². The first kappa shape index (κ1) is 19.6. The van der Waals surface area contributed by atoms with Gasteiger partial charge in [-0.25, -0.2) is 4.98 Å². The number of likely N-dealkylation sites (tertiary alicyclic amines) is 1. The summed E-state index contributed by atoms with van der Waals surface area (Å²) in [5.41, 5.74) is 4.89. The van der Waals surface area contributed by atoms with Crippen LogP contribution in [0.25, 0.3) is 11.3 Å². The van der Waals surface area contributed by atoms with E-state index in [4.69, 9.17) is 4.74 Å². The number of ether oxygens (including phenoxy) is 1. The lowest BCUT2D eigenvalue weighted by atomic mass is 10.0. The van der Waals surface area contributed by atoms with Crippen LogP contribution in [0.4, 0.5) is 0 Å². The van der Waals surface area contributed by atoms with Crippen LogP contribution in [-0.2, 0) is 6.61 Å². The van der Waals surface area contributed by atoms with E-state index < -0.39 is 0 Å². The molecule has 2 heterocycles. The van der Waals surface area contributed by atoms with Gasteiger partial charge in [-0.15, -0.1) is 11.3 Å². The molecule has 5 heteroatoms. The number of rotatable bonds is 5. The first-order valence-electron chi connectivity index (χ1n) is 10.1. The van der Waals surface area contributed by atoms with Crippen molar-refractivity contribution in [3.8, 4) is 17.0 Å². The standard InChI is InChI=1S/C24H26N2O2S/c1-17-14-19(24(27)26-12-6-3-7-13-26)10-11-20(17)15-28-23-9-5-4-8-21(23)22-16-29-18(2)25-22/h4-5,8-11,14,16H,3,6-7,12-13,15H2,1-2H3. The molecule has 150 valence electrons. The van der Waals surface area contributed by atoms with E-state index in [1.54, 1.807) is 11.3 Å². The summed E-state index contributed by atoms with van der Waals surface area (Å²) in [5, 5.41) is 3.10. The molecule has 0 bridgehead atoms. The normalized spacial score (nSPS) is 14.1. The minimum Gasteiger partial charge on any atom is -0.488 e. The number of aryl methyl sites for hydroxylation is 2. The van der Waals surface area contributed by atoms with Crippen LogP contribution in [0.5, 0.6) is 5.75 Å². The molecule has 0 saturated carbocycles. The maximum atomic E-state index is 12.7. The second-order valence-corrected chi connectivity index (χ2v) is 8.59. The van der Waals surface area contributed by atoms with Gasteiger partial charge in [0.15, 0.2) is 0 Å². The van der Waals surface area contributed by atoms with Crippen LogP contribution in [0.3, 0.4) is 0 Å². The molecule has 0 atom stereocenters. The summed E-state index contributed by atoms with van der Waals surface area (Å²) in [6.45, 7) is 6.25. The highest BCUT2D eigenvalue weighted by Crippen LogP contribution is 2.31. The average molecular weight is 407 g/mol. The van der Waals surface area contributed by atoms with Gasteiger partial charge in [0.2, 0.25) is 0 Å². The van der Waals surface area contributed by atoms with Crippen LogP contribution >= 0.6 is 11.3 Å². The Morgan fingerprint density at radius 2 is 1.90 bits per heavy atom. The highest BCUT2D eigenvalue weighted by Gasteiger charge is 2.18. The van der Waals surface area contributed by atoms with Gasteiger partial charge in [0, 0.05) is 29.6 Å². The Bertz CT molecular complexity index is 1010. The molecule has 1 aliphatic rings.